The van der Waals surface area contributed by atoms with Gasteiger partial charge in [-0.1, -0.05) is 96.9 Å². The molecule has 266 valence electrons. The standard InChI is InChI=1S/C38H63ClO6Si2/c1-12-13-25-42-36(41)22-17-15-14-16-21-32-33(35(27-34(32)40)45-47(10,11)38(5,6)7)24-23-31(44-46(8,9)37(2,3)4)28-43-30-20-18-19-29(39)26-30/h16,18-21,23-24,26,31-33,35H,12-15,17,22,25,27-28H2,1-11H3/b21-16-,24-23+/t31-,32-,33-,35-/m1/s1. The molecule has 1 aliphatic carbocycles. The molecule has 1 saturated carbocycles. The van der Waals surface area contributed by atoms with Gasteiger partial charge < -0.3 is 18.3 Å². The van der Waals surface area contributed by atoms with E-state index >= 15 is 0 Å². The van der Waals surface area contributed by atoms with E-state index in [4.69, 9.17) is 29.9 Å². The highest BCUT2D eigenvalue weighted by atomic mass is 35.5. The second-order valence-corrected chi connectivity index (χ2v) is 26.0. The Morgan fingerprint density at radius 1 is 1.00 bits per heavy atom. The third-order valence-electron chi connectivity index (χ3n) is 9.99. The van der Waals surface area contributed by atoms with Gasteiger partial charge in [-0.25, -0.2) is 0 Å². The van der Waals surface area contributed by atoms with E-state index in [1.165, 1.54) is 0 Å². The molecule has 0 unspecified atom stereocenters. The van der Waals surface area contributed by atoms with Gasteiger partial charge in [-0.05, 0) is 80.1 Å². The zero-order valence-corrected chi connectivity index (χ0v) is 33.9. The molecule has 0 radical (unpaired) electrons. The van der Waals surface area contributed by atoms with Crippen LogP contribution in [0.15, 0.2) is 48.6 Å². The van der Waals surface area contributed by atoms with Crippen LogP contribution in [-0.2, 0) is 23.2 Å². The molecule has 0 spiro atoms. The Hall–Kier alpha value is -1.72. The van der Waals surface area contributed by atoms with E-state index in [1.807, 2.05) is 24.3 Å². The lowest BCUT2D eigenvalue weighted by Crippen LogP contribution is -2.45. The van der Waals surface area contributed by atoms with Gasteiger partial charge in [-0.15, -0.1) is 0 Å². The van der Waals surface area contributed by atoms with Crippen LogP contribution in [0.5, 0.6) is 5.75 Å². The second kappa shape index (κ2) is 18.3. The summed E-state index contributed by atoms with van der Waals surface area (Å²) in [5.41, 5.74) is 0. The van der Waals surface area contributed by atoms with Gasteiger partial charge in [0, 0.05) is 29.7 Å². The number of ether oxygens (including phenoxy) is 2. The second-order valence-electron chi connectivity index (χ2n) is 16.0. The van der Waals surface area contributed by atoms with Gasteiger partial charge in [-0.2, -0.15) is 0 Å². The van der Waals surface area contributed by atoms with E-state index in [2.05, 4.69) is 99.0 Å². The Morgan fingerprint density at radius 3 is 2.30 bits per heavy atom. The summed E-state index contributed by atoms with van der Waals surface area (Å²) in [7, 11) is -4.29. The number of benzene rings is 1. The predicted octanol–water partition coefficient (Wildman–Crippen LogP) is 10.7. The molecule has 9 heteroatoms. The quantitative estimate of drug-likeness (QED) is 0.0655. The van der Waals surface area contributed by atoms with Crippen LogP contribution in [-0.4, -0.2) is 53.8 Å². The molecule has 0 N–H and O–H groups in total. The molecular formula is C38H63ClO6Si2. The van der Waals surface area contributed by atoms with Crippen LogP contribution < -0.4 is 4.74 Å². The van der Waals surface area contributed by atoms with Gasteiger partial charge in [0.1, 0.15) is 18.1 Å². The summed E-state index contributed by atoms with van der Waals surface area (Å²) in [5.74, 6) is 0.384. The number of halogens is 1. The average molecular weight is 708 g/mol. The zero-order chi connectivity index (χ0) is 35.5. The van der Waals surface area contributed by atoms with E-state index in [-0.39, 0.29) is 45.9 Å². The summed E-state index contributed by atoms with van der Waals surface area (Å²) in [6.07, 6.45) is 13.1. The lowest BCUT2D eigenvalue weighted by molar-refractivity contribution is -0.143. The minimum absolute atomic E-state index is 0.0178. The third-order valence-corrected chi connectivity index (χ3v) is 19.2. The highest BCUT2D eigenvalue weighted by Gasteiger charge is 2.46. The van der Waals surface area contributed by atoms with Crippen molar-refractivity contribution in [3.05, 3.63) is 53.6 Å². The number of esters is 1. The van der Waals surface area contributed by atoms with Crippen LogP contribution >= 0.6 is 11.6 Å². The zero-order valence-electron chi connectivity index (χ0n) is 31.1. The Morgan fingerprint density at radius 2 is 1.68 bits per heavy atom. The van der Waals surface area contributed by atoms with E-state index in [0.717, 1.165) is 32.1 Å². The summed E-state index contributed by atoms with van der Waals surface area (Å²) in [5, 5.41) is 0.662. The van der Waals surface area contributed by atoms with Gasteiger partial charge in [0.15, 0.2) is 16.6 Å². The Labute approximate surface area is 293 Å². The minimum Gasteiger partial charge on any atom is -0.491 e. The predicted molar refractivity (Wildman–Crippen MR) is 200 cm³/mol. The van der Waals surface area contributed by atoms with Crippen LogP contribution in [0.3, 0.4) is 0 Å². The first-order valence-corrected chi connectivity index (χ1v) is 23.7. The van der Waals surface area contributed by atoms with Crippen LogP contribution in [0, 0.1) is 11.8 Å². The van der Waals surface area contributed by atoms with Crippen molar-refractivity contribution in [1.29, 1.82) is 0 Å². The van der Waals surface area contributed by atoms with E-state index in [1.54, 1.807) is 0 Å². The van der Waals surface area contributed by atoms with Gasteiger partial charge in [0.05, 0.1) is 18.8 Å². The third kappa shape index (κ3) is 13.6. The summed E-state index contributed by atoms with van der Waals surface area (Å²) >= 11 is 6.22. The Bertz CT molecular complexity index is 1200. The van der Waals surface area contributed by atoms with Gasteiger partial charge in [0.2, 0.25) is 0 Å². The molecular weight excluding hydrogens is 644 g/mol. The first-order chi connectivity index (χ1) is 21.8. The Kier molecular flexibility index (Phi) is 16.2. The molecule has 0 heterocycles. The molecule has 0 aliphatic heterocycles. The van der Waals surface area contributed by atoms with Crippen molar-refractivity contribution in [3.8, 4) is 5.75 Å². The lowest BCUT2D eigenvalue weighted by Gasteiger charge is -2.40. The van der Waals surface area contributed by atoms with Crippen LogP contribution in [0.25, 0.3) is 0 Å². The number of hydrogen-bond donors (Lipinski definition) is 0. The molecule has 1 aliphatic rings. The molecule has 0 bridgehead atoms. The number of unbranched alkanes of at least 4 members (excludes halogenated alkanes) is 3. The molecule has 1 aromatic carbocycles. The largest absolute Gasteiger partial charge is 0.491 e. The fourth-order valence-electron chi connectivity index (χ4n) is 4.92. The molecule has 1 fully saturated rings. The summed E-state index contributed by atoms with van der Waals surface area (Å²) in [6, 6.07) is 7.41. The van der Waals surface area contributed by atoms with Crippen molar-refractivity contribution in [2.24, 2.45) is 11.8 Å². The van der Waals surface area contributed by atoms with Crippen molar-refractivity contribution >= 4 is 40.0 Å². The number of allylic oxidation sites excluding steroid dienone is 2. The summed E-state index contributed by atoms with van der Waals surface area (Å²) in [6.45, 7) is 25.3. The van der Waals surface area contributed by atoms with Crippen LogP contribution in [0.2, 0.25) is 41.3 Å². The van der Waals surface area contributed by atoms with Crippen molar-refractivity contribution in [3.63, 3.8) is 0 Å². The maximum Gasteiger partial charge on any atom is 0.305 e. The van der Waals surface area contributed by atoms with Gasteiger partial charge >= 0.3 is 5.97 Å². The van der Waals surface area contributed by atoms with Gasteiger partial charge in [-0.3, -0.25) is 9.59 Å². The Balaban J connectivity index is 2.28. The molecule has 4 atom stereocenters. The molecule has 2 rings (SSSR count). The van der Waals surface area contributed by atoms with E-state index in [0.29, 0.717) is 36.8 Å². The minimum atomic E-state index is -2.15. The number of hydrogen-bond acceptors (Lipinski definition) is 6. The van der Waals surface area contributed by atoms with Crippen LogP contribution in [0.1, 0.15) is 93.4 Å². The lowest BCUT2D eigenvalue weighted by atomic mass is 9.92. The number of carbonyl (C=O) groups excluding carboxylic acids is 2. The highest BCUT2D eigenvalue weighted by Crippen LogP contribution is 2.43. The van der Waals surface area contributed by atoms with Gasteiger partial charge in [0.25, 0.3) is 0 Å². The smallest absolute Gasteiger partial charge is 0.305 e. The SMILES string of the molecule is CCCCOC(=O)CCCC/C=C\[C@H]1C(=O)C[C@@H](O[Si](C)(C)C(C)(C)C)[C@@H]1/C=C/[C@H](COc1cccc(Cl)c1)O[Si](C)(C)C(C)(C)C. The molecule has 0 aromatic heterocycles. The van der Waals surface area contributed by atoms with Crippen molar-refractivity contribution in [2.75, 3.05) is 13.2 Å². The number of ketones is 1. The topological polar surface area (TPSA) is 71.1 Å². The first kappa shape index (κ1) is 41.5. The van der Waals surface area contributed by atoms with Crippen molar-refractivity contribution < 1.29 is 27.9 Å². The summed E-state index contributed by atoms with van der Waals surface area (Å²) in [4.78, 5) is 25.5. The normalized spacial score (nSPS) is 20.3. The molecule has 0 saturated heterocycles. The molecule has 6 nitrogen and oxygen atoms in total. The number of Topliss-reactive ketones (excluding diaryl/α,β-unsaturated/α-hetero) is 1. The maximum atomic E-state index is 13.5. The van der Waals surface area contributed by atoms with Crippen LogP contribution in [0.4, 0.5) is 0 Å². The monoisotopic (exact) mass is 706 g/mol. The maximum absolute atomic E-state index is 13.5. The molecule has 1 aromatic rings. The van der Waals surface area contributed by atoms with Crippen molar-refractivity contribution in [1.82, 2.24) is 0 Å². The van der Waals surface area contributed by atoms with E-state index < -0.39 is 16.6 Å². The van der Waals surface area contributed by atoms with Crippen molar-refractivity contribution in [2.45, 2.75) is 142 Å². The average Bonchev–Trinajstić information content (AvgIpc) is 3.23. The summed E-state index contributed by atoms with van der Waals surface area (Å²) < 4.78 is 25.3. The fraction of sp³-hybridized carbons (Fsp3) is 0.684. The molecule has 0 amide bonds. The number of carbonyl (C=O) groups is 2. The van der Waals surface area contributed by atoms with E-state index in [9.17, 15) is 9.59 Å². The highest BCUT2D eigenvalue weighted by molar-refractivity contribution is 6.74. The molecule has 47 heavy (non-hydrogen) atoms. The fourth-order valence-corrected chi connectivity index (χ4v) is 7.71. The first-order valence-electron chi connectivity index (χ1n) is 17.5. The number of rotatable bonds is 18.